The van der Waals surface area contributed by atoms with Gasteiger partial charge in [0.2, 0.25) is 0 Å². The molecule has 2 atom stereocenters. The van der Waals surface area contributed by atoms with Gasteiger partial charge < -0.3 is 19.8 Å². The summed E-state index contributed by atoms with van der Waals surface area (Å²) in [5, 5.41) is 17.6. The summed E-state index contributed by atoms with van der Waals surface area (Å²) < 4.78 is 5.22. The Bertz CT molecular complexity index is 222. The maximum atomic E-state index is 11.0. The normalized spacial score (nSPS) is 25.2. The maximum Gasteiger partial charge on any atom is 0.310 e. The Kier molecular flexibility index (Phi) is 5.73. The number of carboxylic acid groups (broad SMARTS) is 1. The van der Waals surface area contributed by atoms with Crippen molar-refractivity contribution >= 4 is 5.97 Å². The van der Waals surface area contributed by atoms with Crippen molar-refractivity contribution in [1.29, 1.82) is 0 Å². The number of aliphatic carboxylic acids is 1. The predicted molar refractivity (Wildman–Crippen MR) is 59.3 cm³/mol. The smallest absolute Gasteiger partial charge is 0.310 e. The van der Waals surface area contributed by atoms with Gasteiger partial charge in [-0.25, -0.2) is 0 Å². The van der Waals surface area contributed by atoms with Crippen LogP contribution in [-0.4, -0.2) is 60.5 Å². The molecule has 0 aromatic carbocycles. The fourth-order valence-corrected chi connectivity index (χ4v) is 2.03. The molecule has 2 N–H and O–H groups in total. The van der Waals surface area contributed by atoms with Gasteiger partial charge in [0.05, 0.1) is 19.1 Å². The van der Waals surface area contributed by atoms with E-state index in [2.05, 4.69) is 4.90 Å². The molecule has 0 bridgehead atoms. The molecule has 5 nitrogen and oxygen atoms in total. The van der Waals surface area contributed by atoms with Gasteiger partial charge in [0.15, 0.2) is 0 Å². The van der Waals surface area contributed by atoms with E-state index in [9.17, 15) is 4.79 Å². The van der Waals surface area contributed by atoms with Crippen LogP contribution >= 0.6 is 0 Å². The molecule has 0 spiro atoms. The summed E-state index contributed by atoms with van der Waals surface area (Å²) in [6.45, 7) is 1.92. The zero-order valence-corrected chi connectivity index (χ0v) is 9.76. The van der Waals surface area contributed by atoms with Crippen LogP contribution in [0, 0.1) is 5.92 Å². The first kappa shape index (κ1) is 13.4. The van der Waals surface area contributed by atoms with E-state index in [0.717, 1.165) is 25.8 Å². The van der Waals surface area contributed by atoms with Crippen molar-refractivity contribution in [1.82, 2.24) is 4.90 Å². The first-order valence-corrected chi connectivity index (χ1v) is 5.78. The lowest BCUT2D eigenvalue weighted by molar-refractivity contribution is -0.143. The Hall–Kier alpha value is -0.650. The SMILES string of the molecule is CN(CCCCCO)C1COCC1C(=O)O. The first-order valence-electron chi connectivity index (χ1n) is 5.78. The lowest BCUT2D eigenvalue weighted by Crippen LogP contribution is -2.41. The molecule has 16 heavy (non-hydrogen) atoms. The predicted octanol–water partition coefficient (Wildman–Crippen LogP) is 0.180. The minimum atomic E-state index is -0.773. The second-order valence-electron chi connectivity index (χ2n) is 4.31. The standard InChI is InChI=1S/C11H21NO4/c1-12(5-3-2-4-6-13)10-8-16-7-9(10)11(14)15/h9-10,13H,2-8H2,1H3,(H,14,15). The van der Waals surface area contributed by atoms with Crippen LogP contribution in [-0.2, 0) is 9.53 Å². The lowest BCUT2D eigenvalue weighted by Gasteiger charge is -2.25. The van der Waals surface area contributed by atoms with E-state index >= 15 is 0 Å². The van der Waals surface area contributed by atoms with Crippen molar-refractivity contribution in [2.24, 2.45) is 5.92 Å². The molecule has 1 saturated heterocycles. The quantitative estimate of drug-likeness (QED) is 0.612. The number of aliphatic hydroxyl groups excluding tert-OH is 1. The number of nitrogens with zero attached hydrogens (tertiary/aromatic N) is 1. The Balaban J connectivity index is 2.29. The summed E-state index contributed by atoms with van der Waals surface area (Å²) in [6, 6.07) is -0.00775. The molecular weight excluding hydrogens is 210 g/mol. The van der Waals surface area contributed by atoms with Gasteiger partial charge in [-0.15, -0.1) is 0 Å². The molecule has 0 aromatic rings. The van der Waals surface area contributed by atoms with Gasteiger partial charge in [-0.3, -0.25) is 4.79 Å². The molecular formula is C11H21NO4. The Morgan fingerprint density at radius 1 is 1.38 bits per heavy atom. The molecule has 2 unspecified atom stereocenters. The first-order chi connectivity index (χ1) is 7.66. The number of hydrogen-bond donors (Lipinski definition) is 2. The number of likely N-dealkylation sites (N-methyl/N-ethyl adjacent to an activating group) is 1. The summed E-state index contributed by atoms with van der Waals surface area (Å²) in [6.07, 6.45) is 2.78. The van der Waals surface area contributed by atoms with Gasteiger partial charge in [-0.2, -0.15) is 0 Å². The van der Waals surface area contributed by atoms with E-state index in [-0.39, 0.29) is 12.6 Å². The minimum Gasteiger partial charge on any atom is -0.481 e. The number of hydrogen-bond acceptors (Lipinski definition) is 4. The van der Waals surface area contributed by atoms with Crippen LogP contribution in [0.15, 0.2) is 0 Å². The minimum absolute atomic E-state index is 0.00775. The van der Waals surface area contributed by atoms with Crippen molar-refractivity contribution in [3.8, 4) is 0 Å². The molecule has 0 aliphatic carbocycles. The van der Waals surface area contributed by atoms with E-state index in [4.69, 9.17) is 14.9 Å². The monoisotopic (exact) mass is 231 g/mol. The highest BCUT2D eigenvalue weighted by atomic mass is 16.5. The van der Waals surface area contributed by atoms with Crippen molar-refractivity contribution in [2.75, 3.05) is 33.4 Å². The van der Waals surface area contributed by atoms with E-state index < -0.39 is 11.9 Å². The Morgan fingerprint density at radius 2 is 2.12 bits per heavy atom. The summed E-state index contributed by atoms with van der Waals surface area (Å²) in [5.41, 5.74) is 0. The van der Waals surface area contributed by atoms with Crippen LogP contribution in [0.3, 0.4) is 0 Å². The Morgan fingerprint density at radius 3 is 2.75 bits per heavy atom. The van der Waals surface area contributed by atoms with Crippen molar-refractivity contribution in [3.63, 3.8) is 0 Å². The molecule has 1 aliphatic rings. The highest BCUT2D eigenvalue weighted by molar-refractivity contribution is 5.71. The largest absolute Gasteiger partial charge is 0.481 e. The van der Waals surface area contributed by atoms with Crippen LogP contribution < -0.4 is 0 Å². The highest BCUT2D eigenvalue weighted by Crippen LogP contribution is 2.19. The van der Waals surface area contributed by atoms with E-state index in [1.54, 1.807) is 0 Å². The number of rotatable bonds is 7. The number of unbranched alkanes of at least 4 members (excludes halogenated alkanes) is 2. The van der Waals surface area contributed by atoms with Crippen LogP contribution in [0.2, 0.25) is 0 Å². The maximum absolute atomic E-state index is 11.0. The molecule has 0 saturated carbocycles. The second kappa shape index (κ2) is 6.83. The fraction of sp³-hybridized carbons (Fsp3) is 0.909. The number of carbonyl (C=O) groups is 1. The molecule has 0 amide bonds. The average Bonchev–Trinajstić information content (AvgIpc) is 2.73. The number of ether oxygens (including phenoxy) is 1. The Labute approximate surface area is 96.0 Å². The summed E-state index contributed by atoms with van der Waals surface area (Å²) in [4.78, 5) is 13.0. The third kappa shape index (κ3) is 3.73. The summed E-state index contributed by atoms with van der Waals surface area (Å²) in [7, 11) is 1.94. The van der Waals surface area contributed by atoms with Crippen molar-refractivity contribution in [2.45, 2.75) is 25.3 Å². The molecule has 1 heterocycles. The summed E-state index contributed by atoms with van der Waals surface area (Å²) in [5.74, 6) is -1.17. The van der Waals surface area contributed by atoms with E-state index in [1.165, 1.54) is 0 Å². The molecule has 1 aliphatic heterocycles. The second-order valence-corrected chi connectivity index (χ2v) is 4.31. The molecule has 94 valence electrons. The molecule has 1 fully saturated rings. The lowest BCUT2D eigenvalue weighted by atomic mass is 10.0. The van der Waals surface area contributed by atoms with Gasteiger partial charge in [-0.05, 0) is 32.9 Å². The van der Waals surface area contributed by atoms with Crippen LogP contribution in [0.4, 0.5) is 0 Å². The van der Waals surface area contributed by atoms with Gasteiger partial charge in [0.1, 0.15) is 0 Å². The zero-order chi connectivity index (χ0) is 12.0. The topological polar surface area (TPSA) is 70.0 Å². The average molecular weight is 231 g/mol. The zero-order valence-electron chi connectivity index (χ0n) is 9.76. The third-order valence-corrected chi connectivity index (χ3v) is 3.10. The molecule has 1 rings (SSSR count). The van der Waals surface area contributed by atoms with Crippen LogP contribution in [0.5, 0.6) is 0 Å². The number of carboxylic acids is 1. The van der Waals surface area contributed by atoms with Crippen LogP contribution in [0.25, 0.3) is 0 Å². The fourth-order valence-electron chi connectivity index (χ4n) is 2.03. The van der Waals surface area contributed by atoms with Crippen molar-refractivity contribution in [3.05, 3.63) is 0 Å². The van der Waals surface area contributed by atoms with Gasteiger partial charge in [-0.1, -0.05) is 0 Å². The van der Waals surface area contributed by atoms with Gasteiger partial charge in [0.25, 0.3) is 0 Å². The molecule has 0 aromatic heterocycles. The third-order valence-electron chi connectivity index (χ3n) is 3.10. The molecule has 0 radical (unpaired) electrons. The number of aliphatic hydroxyl groups is 1. The summed E-state index contributed by atoms with van der Waals surface area (Å²) >= 11 is 0. The van der Waals surface area contributed by atoms with E-state index in [0.29, 0.717) is 13.2 Å². The van der Waals surface area contributed by atoms with E-state index in [1.807, 2.05) is 7.05 Å². The van der Waals surface area contributed by atoms with Gasteiger partial charge >= 0.3 is 5.97 Å². The highest BCUT2D eigenvalue weighted by Gasteiger charge is 2.36. The molecule has 5 heteroatoms. The van der Waals surface area contributed by atoms with Crippen molar-refractivity contribution < 1.29 is 19.7 Å². The van der Waals surface area contributed by atoms with Crippen LogP contribution in [0.1, 0.15) is 19.3 Å². The van der Waals surface area contributed by atoms with Gasteiger partial charge in [0, 0.05) is 12.6 Å².